The predicted molar refractivity (Wildman–Crippen MR) is 73.3 cm³/mol. The summed E-state index contributed by atoms with van der Waals surface area (Å²) in [6.45, 7) is 9.48. The molecule has 0 aromatic heterocycles. The van der Waals surface area contributed by atoms with E-state index in [1.54, 1.807) is 0 Å². The van der Waals surface area contributed by atoms with Gasteiger partial charge in [-0.15, -0.1) is 0 Å². The Hall–Kier alpha value is -0.120. The van der Waals surface area contributed by atoms with Gasteiger partial charge in [-0.1, -0.05) is 6.42 Å². The van der Waals surface area contributed by atoms with Crippen LogP contribution in [-0.2, 0) is 0 Å². The minimum atomic E-state index is -0.0967. The van der Waals surface area contributed by atoms with Crippen LogP contribution in [0.1, 0.15) is 52.9 Å². The van der Waals surface area contributed by atoms with E-state index in [4.69, 9.17) is 0 Å². The Kier molecular flexibility index (Phi) is 5.42. The molecule has 1 fully saturated rings. The molecule has 1 unspecified atom stereocenters. The van der Waals surface area contributed by atoms with Gasteiger partial charge in [0.15, 0.2) is 0 Å². The fraction of sp³-hybridized carbons (Fsp3) is 1.00. The number of unbranched alkanes of at least 4 members (excludes halogenated alkanes) is 1. The van der Waals surface area contributed by atoms with E-state index in [2.05, 4.69) is 31.0 Å². The lowest BCUT2D eigenvalue weighted by molar-refractivity contribution is 0.155. The lowest BCUT2D eigenvalue weighted by Gasteiger charge is -2.32. The molecule has 0 aliphatic carbocycles. The van der Waals surface area contributed by atoms with Crippen LogP contribution in [0.25, 0.3) is 0 Å². The molecule has 0 bridgehead atoms. The number of rotatable bonds is 7. The van der Waals surface area contributed by atoms with E-state index in [0.29, 0.717) is 5.54 Å². The molecule has 1 atom stereocenters. The average molecular weight is 242 g/mol. The Bertz CT molecular complexity index is 224. The standard InChI is InChI=1S/C14H30N2O/c1-13(2)8-7-11-16(13)10-6-5-9-14(3,12-17)15-4/h15,17H,5-12H2,1-4H3. The zero-order valence-electron chi connectivity index (χ0n) is 12.1. The van der Waals surface area contributed by atoms with Gasteiger partial charge in [-0.25, -0.2) is 0 Å². The Morgan fingerprint density at radius 3 is 2.53 bits per heavy atom. The van der Waals surface area contributed by atoms with Gasteiger partial charge in [0, 0.05) is 11.1 Å². The summed E-state index contributed by atoms with van der Waals surface area (Å²) in [5.74, 6) is 0. The van der Waals surface area contributed by atoms with E-state index in [-0.39, 0.29) is 12.1 Å². The van der Waals surface area contributed by atoms with Crippen LogP contribution in [0.15, 0.2) is 0 Å². The molecule has 1 aliphatic rings. The van der Waals surface area contributed by atoms with Crippen molar-refractivity contribution in [3.63, 3.8) is 0 Å². The highest BCUT2D eigenvalue weighted by Crippen LogP contribution is 2.28. The molecule has 0 aromatic rings. The van der Waals surface area contributed by atoms with Crippen LogP contribution >= 0.6 is 0 Å². The van der Waals surface area contributed by atoms with Crippen molar-refractivity contribution in [3.05, 3.63) is 0 Å². The predicted octanol–water partition coefficient (Wildman–Crippen LogP) is 2.00. The third-order valence-electron chi connectivity index (χ3n) is 4.43. The lowest BCUT2D eigenvalue weighted by atomic mass is 9.95. The first-order valence-corrected chi connectivity index (χ1v) is 6.98. The molecule has 2 N–H and O–H groups in total. The maximum atomic E-state index is 9.31. The van der Waals surface area contributed by atoms with Crippen molar-refractivity contribution in [2.75, 3.05) is 26.7 Å². The van der Waals surface area contributed by atoms with Crippen molar-refractivity contribution in [3.8, 4) is 0 Å². The van der Waals surface area contributed by atoms with E-state index in [1.807, 2.05) is 7.05 Å². The molecule has 3 heteroatoms. The van der Waals surface area contributed by atoms with Crippen molar-refractivity contribution < 1.29 is 5.11 Å². The minimum absolute atomic E-state index is 0.0967. The summed E-state index contributed by atoms with van der Waals surface area (Å²) in [7, 11) is 1.93. The second-order valence-electron chi connectivity index (χ2n) is 6.33. The number of hydrogen-bond acceptors (Lipinski definition) is 3. The van der Waals surface area contributed by atoms with Crippen LogP contribution in [0, 0.1) is 0 Å². The van der Waals surface area contributed by atoms with Gasteiger partial charge in [0.25, 0.3) is 0 Å². The van der Waals surface area contributed by atoms with Crippen LogP contribution < -0.4 is 5.32 Å². The van der Waals surface area contributed by atoms with Crippen molar-refractivity contribution in [2.45, 2.75) is 64.0 Å². The van der Waals surface area contributed by atoms with Crippen LogP contribution in [0.4, 0.5) is 0 Å². The maximum Gasteiger partial charge on any atom is 0.0610 e. The molecule has 102 valence electrons. The normalized spacial score (nSPS) is 23.8. The smallest absolute Gasteiger partial charge is 0.0610 e. The lowest BCUT2D eigenvalue weighted by Crippen LogP contribution is -2.43. The molecule has 3 nitrogen and oxygen atoms in total. The van der Waals surface area contributed by atoms with E-state index in [1.165, 1.54) is 38.8 Å². The summed E-state index contributed by atoms with van der Waals surface area (Å²) < 4.78 is 0. The summed E-state index contributed by atoms with van der Waals surface area (Å²) in [6, 6.07) is 0. The SMILES string of the molecule is CNC(C)(CO)CCCCN1CCCC1(C)C. The zero-order chi connectivity index (χ0) is 12.9. The molecule has 1 aliphatic heterocycles. The number of aliphatic hydroxyl groups excluding tert-OH is 1. The van der Waals surface area contributed by atoms with Crippen LogP contribution in [-0.4, -0.2) is 47.8 Å². The van der Waals surface area contributed by atoms with Gasteiger partial charge < -0.3 is 10.4 Å². The van der Waals surface area contributed by atoms with Gasteiger partial charge >= 0.3 is 0 Å². The Morgan fingerprint density at radius 1 is 1.35 bits per heavy atom. The second kappa shape index (κ2) is 6.17. The van der Waals surface area contributed by atoms with Gasteiger partial charge in [-0.3, -0.25) is 4.90 Å². The molecule has 1 heterocycles. The molecule has 0 amide bonds. The molecule has 0 saturated carbocycles. The van der Waals surface area contributed by atoms with E-state index in [9.17, 15) is 5.11 Å². The third kappa shape index (κ3) is 4.23. The quantitative estimate of drug-likeness (QED) is 0.670. The summed E-state index contributed by atoms with van der Waals surface area (Å²) >= 11 is 0. The molecular formula is C14H30N2O. The van der Waals surface area contributed by atoms with Gasteiger partial charge in [0.05, 0.1) is 6.61 Å². The van der Waals surface area contributed by atoms with E-state index < -0.39 is 0 Å². The number of nitrogens with zero attached hydrogens (tertiary/aromatic N) is 1. The molecule has 17 heavy (non-hydrogen) atoms. The first-order valence-electron chi connectivity index (χ1n) is 6.98. The van der Waals surface area contributed by atoms with Crippen LogP contribution in [0.3, 0.4) is 0 Å². The first-order chi connectivity index (χ1) is 7.93. The fourth-order valence-corrected chi connectivity index (χ4v) is 2.68. The third-order valence-corrected chi connectivity index (χ3v) is 4.43. The molecule has 1 rings (SSSR count). The molecule has 0 radical (unpaired) electrons. The van der Waals surface area contributed by atoms with Crippen molar-refractivity contribution in [1.29, 1.82) is 0 Å². The monoisotopic (exact) mass is 242 g/mol. The van der Waals surface area contributed by atoms with Gasteiger partial charge in [0.2, 0.25) is 0 Å². The minimum Gasteiger partial charge on any atom is -0.394 e. The van der Waals surface area contributed by atoms with Crippen LogP contribution in [0.5, 0.6) is 0 Å². The molecule has 0 spiro atoms. The number of likely N-dealkylation sites (N-methyl/N-ethyl adjacent to an activating group) is 1. The first kappa shape index (κ1) is 14.9. The van der Waals surface area contributed by atoms with Crippen LogP contribution in [0.2, 0.25) is 0 Å². The average Bonchev–Trinajstić information content (AvgIpc) is 2.64. The molecule has 0 aromatic carbocycles. The second-order valence-corrected chi connectivity index (χ2v) is 6.33. The summed E-state index contributed by atoms with van der Waals surface area (Å²) in [6.07, 6.45) is 6.15. The number of likely N-dealkylation sites (tertiary alicyclic amines) is 1. The van der Waals surface area contributed by atoms with Gasteiger partial charge in [0.1, 0.15) is 0 Å². The number of hydrogen-bond donors (Lipinski definition) is 2. The topological polar surface area (TPSA) is 35.5 Å². The van der Waals surface area contributed by atoms with Crippen molar-refractivity contribution in [2.24, 2.45) is 0 Å². The highest BCUT2D eigenvalue weighted by molar-refractivity contribution is 4.88. The van der Waals surface area contributed by atoms with Crippen molar-refractivity contribution >= 4 is 0 Å². The summed E-state index contributed by atoms with van der Waals surface area (Å²) in [5, 5.41) is 12.5. The van der Waals surface area contributed by atoms with E-state index in [0.717, 1.165) is 6.42 Å². The maximum absolute atomic E-state index is 9.31. The highest BCUT2D eigenvalue weighted by Gasteiger charge is 2.31. The Labute approximate surface area is 107 Å². The molecular weight excluding hydrogens is 212 g/mol. The van der Waals surface area contributed by atoms with Crippen molar-refractivity contribution in [1.82, 2.24) is 10.2 Å². The van der Waals surface area contributed by atoms with Gasteiger partial charge in [-0.2, -0.15) is 0 Å². The summed E-state index contributed by atoms with van der Waals surface area (Å²) in [4.78, 5) is 2.61. The van der Waals surface area contributed by atoms with Gasteiger partial charge in [-0.05, 0) is 66.6 Å². The zero-order valence-corrected chi connectivity index (χ0v) is 12.1. The number of nitrogens with one attached hydrogen (secondary N) is 1. The van der Waals surface area contributed by atoms with E-state index >= 15 is 0 Å². The highest BCUT2D eigenvalue weighted by atomic mass is 16.3. The summed E-state index contributed by atoms with van der Waals surface area (Å²) in [5.41, 5.74) is 0.309. The molecule has 1 saturated heterocycles. The Morgan fingerprint density at radius 2 is 2.06 bits per heavy atom. The largest absolute Gasteiger partial charge is 0.394 e. The Balaban J connectivity index is 2.20. The number of aliphatic hydroxyl groups is 1. The fourth-order valence-electron chi connectivity index (χ4n) is 2.68.